The first-order valence-corrected chi connectivity index (χ1v) is 10.2. The van der Waals surface area contributed by atoms with E-state index in [4.69, 9.17) is 18.9 Å². The topological polar surface area (TPSA) is 105 Å². The molecular formula is C24H24O8. The van der Waals surface area contributed by atoms with Gasteiger partial charge in [0.1, 0.15) is 11.5 Å². The van der Waals surface area contributed by atoms with Crippen molar-refractivity contribution in [1.29, 1.82) is 0 Å². The maximum atomic E-state index is 13.0. The molecule has 8 nitrogen and oxygen atoms in total. The van der Waals surface area contributed by atoms with Crippen LogP contribution in [0.4, 0.5) is 9.59 Å². The maximum Gasteiger partial charge on any atom is 0.513 e. The summed E-state index contributed by atoms with van der Waals surface area (Å²) in [5, 5.41) is 0. The van der Waals surface area contributed by atoms with Crippen molar-refractivity contribution in [2.75, 3.05) is 13.2 Å². The van der Waals surface area contributed by atoms with Gasteiger partial charge in [0.2, 0.25) is 0 Å². The normalized spacial score (nSPS) is 12.3. The van der Waals surface area contributed by atoms with E-state index in [0.29, 0.717) is 0 Å². The lowest BCUT2D eigenvalue weighted by molar-refractivity contribution is 0.0873. The number of hydrogen-bond acceptors (Lipinski definition) is 8. The second-order valence-electron chi connectivity index (χ2n) is 8.19. The standard InChI is InChI=1S/C24H24O8/c1-13(2)11-29-23(27)31-15-5-7-17-19(9-15)21(25)18-8-6-16(10-20(18)22(17)26)32-24(28)30-12-14(3)4/h5-10,13-14H,11-12H2,1-4H3. The first-order chi connectivity index (χ1) is 15.2. The minimum atomic E-state index is -0.889. The van der Waals surface area contributed by atoms with E-state index in [9.17, 15) is 19.2 Å². The number of carbonyl (C=O) groups is 4. The Morgan fingerprint density at radius 2 is 1.03 bits per heavy atom. The van der Waals surface area contributed by atoms with Crippen LogP contribution in [-0.4, -0.2) is 37.1 Å². The van der Waals surface area contributed by atoms with Crippen molar-refractivity contribution < 1.29 is 38.1 Å². The van der Waals surface area contributed by atoms with Gasteiger partial charge in [-0.05, 0) is 48.2 Å². The summed E-state index contributed by atoms with van der Waals surface area (Å²) < 4.78 is 20.2. The minimum absolute atomic E-state index is 0.0926. The monoisotopic (exact) mass is 440 g/mol. The minimum Gasteiger partial charge on any atom is -0.434 e. The van der Waals surface area contributed by atoms with Gasteiger partial charge in [-0.3, -0.25) is 9.59 Å². The highest BCUT2D eigenvalue weighted by molar-refractivity contribution is 6.28. The van der Waals surface area contributed by atoms with Crippen LogP contribution in [0.5, 0.6) is 11.5 Å². The molecule has 2 aromatic carbocycles. The van der Waals surface area contributed by atoms with Gasteiger partial charge in [-0.1, -0.05) is 27.7 Å². The van der Waals surface area contributed by atoms with E-state index in [0.717, 1.165) is 0 Å². The molecule has 0 saturated heterocycles. The highest BCUT2D eigenvalue weighted by atomic mass is 16.7. The van der Waals surface area contributed by atoms with Crippen LogP contribution in [0, 0.1) is 11.8 Å². The summed E-state index contributed by atoms with van der Waals surface area (Å²) in [6.07, 6.45) is -1.78. The molecule has 2 aromatic rings. The summed E-state index contributed by atoms with van der Waals surface area (Å²) in [4.78, 5) is 49.5. The molecule has 8 heteroatoms. The summed E-state index contributed by atoms with van der Waals surface area (Å²) in [6.45, 7) is 7.95. The molecule has 0 fully saturated rings. The van der Waals surface area contributed by atoms with Gasteiger partial charge in [-0.25, -0.2) is 9.59 Å². The van der Waals surface area contributed by atoms with E-state index in [1.807, 2.05) is 27.7 Å². The lowest BCUT2D eigenvalue weighted by Crippen LogP contribution is -2.22. The molecule has 0 atom stereocenters. The molecule has 0 saturated carbocycles. The van der Waals surface area contributed by atoms with Crippen molar-refractivity contribution in [3.63, 3.8) is 0 Å². The molecule has 0 aliphatic heterocycles. The average molecular weight is 440 g/mol. The first-order valence-electron chi connectivity index (χ1n) is 10.2. The number of carbonyl (C=O) groups excluding carboxylic acids is 4. The van der Waals surface area contributed by atoms with Crippen LogP contribution in [0.3, 0.4) is 0 Å². The van der Waals surface area contributed by atoms with Crippen molar-refractivity contribution in [3.05, 3.63) is 58.7 Å². The van der Waals surface area contributed by atoms with E-state index < -0.39 is 23.9 Å². The predicted molar refractivity (Wildman–Crippen MR) is 113 cm³/mol. The number of ether oxygens (including phenoxy) is 4. The molecule has 0 radical (unpaired) electrons. The molecule has 0 heterocycles. The highest BCUT2D eigenvalue weighted by Gasteiger charge is 2.31. The van der Waals surface area contributed by atoms with Crippen molar-refractivity contribution in [3.8, 4) is 11.5 Å². The largest absolute Gasteiger partial charge is 0.513 e. The number of ketones is 2. The number of benzene rings is 2. The fourth-order valence-electron chi connectivity index (χ4n) is 2.96. The average Bonchev–Trinajstić information content (AvgIpc) is 2.74. The second kappa shape index (κ2) is 9.64. The fourth-order valence-corrected chi connectivity index (χ4v) is 2.96. The van der Waals surface area contributed by atoms with Crippen LogP contribution in [0.15, 0.2) is 36.4 Å². The van der Waals surface area contributed by atoms with Crippen molar-refractivity contribution in [1.82, 2.24) is 0 Å². The van der Waals surface area contributed by atoms with Gasteiger partial charge in [-0.2, -0.15) is 0 Å². The van der Waals surface area contributed by atoms with Crippen LogP contribution in [0.2, 0.25) is 0 Å². The molecule has 168 valence electrons. The van der Waals surface area contributed by atoms with Gasteiger partial charge >= 0.3 is 12.3 Å². The van der Waals surface area contributed by atoms with E-state index in [1.165, 1.54) is 36.4 Å². The van der Waals surface area contributed by atoms with Gasteiger partial charge in [0, 0.05) is 22.3 Å². The highest BCUT2D eigenvalue weighted by Crippen LogP contribution is 2.32. The van der Waals surface area contributed by atoms with Crippen LogP contribution in [0.1, 0.15) is 59.5 Å². The summed E-state index contributed by atoms with van der Waals surface area (Å²) >= 11 is 0. The smallest absolute Gasteiger partial charge is 0.434 e. The van der Waals surface area contributed by atoms with Crippen LogP contribution >= 0.6 is 0 Å². The number of hydrogen-bond donors (Lipinski definition) is 0. The first kappa shape index (κ1) is 23.0. The van der Waals surface area contributed by atoms with Gasteiger partial charge in [0.25, 0.3) is 0 Å². The molecule has 0 unspecified atom stereocenters. The predicted octanol–water partition coefficient (Wildman–Crippen LogP) is 4.80. The van der Waals surface area contributed by atoms with Crippen molar-refractivity contribution in [2.45, 2.75) is 27.7 Å². The molecule has 0 amide bonds. The zero-order valence-electron chi connectivity index (χ0n) is 18.3. The lowest BCUT2D eigenvalue weighted by atomic mass is 9.84. The number of rotatable bonds is 6. The quantitative estimate of drug-likeness (QED) is 0.397. The van der Waals surface area contributed by atoms with E-state index >= 15 is 0 Å². The molecule has 0 spiro atoms. The van der Waals surface area contributed by atoms with Crippen LogP contribution in [0.25, 0.3) is 0 Å². The van der Waals surface area contributed by atoms with Gasteiger partial charge in [-0.15, -0.1) is 0 Å². The molecule has 3 rings (SSSR count). The van der Waals surface area contributed by atoms with Crippen LogP contribution in [-0.2, 0) is 9.47 Å². The zero-order valence-corrected chi connectivity index (χ0v) is 18.3. The third-order valence-corrected chi connectivity index (χ3v) is 4.43. The Balaban J connectivity index is 1.79. The van der Waals surface area contributed by atoms with Crippen molar-refractivity contribution in [2.24, 2.45) is 11.8 Å². The third-order valence-electron chi connectivity index (χ3n) is 4.43. The van der Waals surface area contributed by atoms with E-state index in [-0.39, 0.29) is 58.8 Å². The Labute approximate surface area is 185 Å². The summed E-state index contributed by atoms with van der Waals surface area (Å²) in [5.74, 6) is -0.348. The second-order valence-corrected chi connectivity index (χ2v) is 8.19. The number of fused-ring (bicyclic) bond motifs is 2. The summed E-state index contributed by atoms with van der Waals surface area (Å²) in [5.41, 5.74) is 0.540. The molecule has 0 N–H and O–H groups in total. The molecule has 1 aliphatic carbocycles. The molecular weight excluding hydrogens is 416 g/mol. The Morgan fingerprint density at radius 1 is 0.656 bits per heavy atom. The Kier molecular flexibility index (Phi) is 6.92. The summed E-state index contributed by atoms with van der Waals surface area (Å²) in [7, 11) is 0. The van der Waals surface area contributed by atoms with Crippen molar-refractivity contribution >= 4 is 23.9 Å². The summed E-state index contributed by atoms with van der Waals surface area (Å²) in [6, 6.07) is 8.32. The molecule has 32 heavy (non-hydrogen) atoms. The SMILES string of the molecule is CC(C)COC(=O)Oc1ccc2c(c1)C(=O)c1ccc(OC(=O)OCC(C)C)cc1C2=O. The maximum absolute atomic E-state index is 13.0. The fraction of sp³-hybridized carbons (Fsp3) is 0.333. The van der Waals surface area contributed by atoms with Gasteiger partial charge in [0.05, 0.1) is 13.2 Å². The zero-order chi connectivity index (χ0) is 23.4. The molecule has 0 aromatic heterocycles. The van der Waals surface area contributed by atoms with E-state index in [1.54, 1.807) is 0 Å². The van der Waals surface area contributed by atoms with Crippen LogP contribution < -0.4 is 9.47 Å². The van der Waals surface area contributed by atoms with Gasteiger partial charge < -0.3 is 18.9 Å². The Bertz CT molecular complexity index is 982. The molecule has 0 bridgehead atoms. The Morgan fingerprint density at radius 3 is 1.38 bits per heavy atom. The lowest BCUT2D eigenvalue weighted by Gasteiger charge is -2.19. The Hall–Kier alpha value is -3.68. The third kappa shape index (κ3) is 5.32. The van der Waals surface area contributed by atoms with Gasteiger partial charge in [0.15, 0.2) is 11.6 Å². The van der Waals surface area contributed by atoms with E-state index in [2.05, 4.69) is 0 Å². The molecule has 1 aliphatic rings.